The fraction of sp³-hybridized carbons (Fsp3) is 0.333. The van der Waals surface area contributed by atoms with Crippen LogP contribution in [0.15, 0.2) is 42.5 Å². The third-order valence-corrected chi connectivity index (χ3v) is 5.68. The van der Waals surface area contributed by atoms with Crippen LogP contribution < -0.4 is 19.1 Å². The summed E-state index contributed by atoms with van der Waals surface area (Å²) < 4.78 is 18.0. The van der Waals surface area contributed by atoms with Gasteiger partial charge in [-0.05, 0) is 44.4 Å². The van der Waals surface area contributed by atoms with Crippen LogP contribution in [0.2, 0.25) is 0 Å². The number of nitrogens with zero attached hydrogens (tertiary/aromatic N) is 3. The third kappa shape index (κ3) is 4.13. The van der Waals surface area contributed by atoms with Gasteiger partial charge in [0.1, 0.15) is 12.4 Å². The van der Waals surface area contributed by atoms with Crippen LogP contribution in [0.1, 0.15) is 0 Å². The van der Waals surface area contributed by atoms with E-state index in [9.17, 15) is 4.79 Å². The number of thiazole rings is 1. The van der Waals surface area contributed by atoms with Gasteiger partial charge in [0.2, 0.25) is 6.10 Å². The normalized spacial score (nSPS) is 15.5. The van der Waals surface area contributed by atoms with Crippen molar-refractivity contribution >= 4 is 32.6 Å². The van der Waals surface area contributed by atoms with Gasteiger partial charge in [0.25, 0.3) is 5.91 Å². The number of likely N-dealkylation sites (N-methyl/N-ethyl adjacent to an activating group) is 1. The maximum absolute atomic E-state index is 13.4. The van der Waals surface area contributed by atoms with Crippen LogP contribution in [0.25, 0.3) is 10.2 Å². The summed E-state index contributed by atoms with van der Waals surface area (Å²) in [5.74, 6) is 1.84. The molecule has 2 heterocycles. The highest BCUT2D eigenvalue weighted by atomic mass is 32.1. The van der Waals surface area contributed by atoms with Crippen molar-refractivity contribution < 1.29 is 19.0 Å². The van der Waals surface area contributed by atoms with Crippen molar-refractivity contribution in [2.75, 3.05) is 45.8 Å². The quantitative estimate of drug-likeness (QED) is 0.619. The molecule has 0 N–H and O–H groups in total. The van der Waals surface area contributed by atoms with E-state index in [1.165, 1.54) is 11.3 Å². The van der Waals surface area contributed by atoms with Crippen LogP contribution in [0.3, 0.4) is 0 Å². The van der Waals surface area contributed by atoms with Gasteiger partial charge in [-0.25, -0.2) is 4.98 Å². The van der Waals surface area contributed by atoms with Gasteiger partial charge in [-0.3, -0.25) is 9.69 Å². The number of fused-ring (bicyclic) bond motifs is 2. The molecule has 0 saturated carbocycles. The topological polar surface area (TPSA) is 64.1 Å². The predicted octanol–water partition coefficient (Wildman–Crippen LogP) is 3.04. The van der Waals surface area contributed by atoms with Gasteiger partial charge in [0.05, 0.1) is 17.3 Å². The highest BCUT2D eigenvalue weighted by molar-refractivity contribution is 7.22. The first-order chi connectivity index (χ1) is 14.0. The van der Waals surface area contributed by atoms with Gasteiger partial charge in [-0.2, -0.15) is 0 Å². The summed E-state index contributed by atoms with van der Waals surface area (Å²) in [6.07, 6.45) is -0.714. The minimum atomic E-state index is -0.714. The molecule has 0 aliphatic carbocycles. The molecule has 1 aliphatic rings. The van der Waals surface area contributed by atoms with Crippen molar-refractivity contribution in [1.29, 1.82) is 0 Å². The fourth-order valence-corrected chi connectivity index (χ4v) is 4.08. The zero-order chi connectivity index (χ0) is 20.4. The van der Waals surface area contributed by atoms with Crippen molar-refractivity contribution in [2.45, 2.75) is 6.10 Å². The molecule has 1 unspecified atom stereocenters. The molecule has 0 fully saturated rings. The van der Waals surface area contributed by atoms with Crippen molar-refractivity contribution in [2.24, 2.45) is 0 Å². The Hall–Kier alpha value is -2.84. The minimum absolute atomic E-state index is 0.160. The van der Waals surface area contributed by atoms with Gasteiger partial charge in [0, 0.05) is 13.1 Å². The zero-order valence-electron chi connectivity index (χ0n) is 16.6. The molecule has 1 amide bonds. The lowest BCUT2D eigenvalue weighted by Gasteiger charge is -2.30. The molecule has 29 heavy (non-hydrogen) atoms. The molecule has 0 bridgehead atoms. The number of carbonyl (C=O) groups excluding carboxylic acids is 1. The van der Waals surface area contributed by atoms with Crippen LogP contribution in [-0.4, -0.2) is 62.8 Å². The average Bonchev–Trinajstić information content (AvgIpc) is 3.15. The van der Waals surface area contributed by atoms with E-state index >= 15 is 0 Å². The van der Waals surface area contributed by atoms with Crippen LogP contribution in [0, 0.1) is 0 Å². The van der Waals surface area contributed by atoms with Gasteiger partial charge in [-0.1, -0.05) is 23.5 Å². The third-order valence-electron chi connectivity index (χ3n) is 4.64. The second kappa shape index (κ2) is 8.26. The number of amides is 1. The predicted molar refractivity (Wildman–Crippen MR) is 113 cm³/mol. The summed E-state index contributed by atoms with van der Waals surface area (Å²) >= 11 is 1.46. The molecule has 152 valence electrons. The number of para-hydroxylation sites is 2. The highest BCUT2D eigenvalue weighted by Gasteiger charge is 2.33. The average molecular weight is 413 g/mol. The number of ether oxygens (including phenoxy) is 3. The van der Waals surface area contributed by atoms with Crippen molar-refractivity contribution in [3.05, 3.63) is 42.5 Å². The SMILES string of the molecule is COc1ccc2nc(N(CCN(C)C)C(=O)C3COc4ccccc4O3)sc2c1. The van der Waals surface area contributed by atoms with E-state index in [0.29, 0.717) is 29.7 Å². The van der Waals surface area contributed by atoms with Crippen LogP contribution in [0.5, 0.6) is 17.2 Å². The van der Waals surface area contributed by atoms with Gasteiger partial charge in [0.15, 0.2) is 16.6 Å². The van der Waals surface area contributed by atoms with Crippen molar-refractivity contribution in [3.63, 3.8) is 0 Å². The summed E-state index contributed by atoms with van der Waals surface area (Å²) in [7, 11) is 5.58. The molecule has 1 atom stereocenters. The van der Waals surface area contributed by atoms with E-state index in [1.54, 1.807) is 12.0 Å². The lowest BCUT2D eigenvalue weighted by Crippen LogP contribution is -2.48. The molecule has 0 saturated heterocycles. The number of carbonyl (C=O) groups is 1. The Balaban J connectivity index is 1.62. The summed E-state index contributed by atoms with van der Waals surface area (Å²) in [5, 5.41) is 0.641. The maximum atomic E-state index is 13.4. The first-order valence-electron chi connectivity index (χ1n) is 9.34. The Kier molecular flexibility index (Phi) is 5.55. The summed E-state index contributed by atoms with van der Waals surface area (Å²) in [6.45, 7) is 1.38. The molecule has 1 aromatic heterocycles. The van der Waals surface area contributed by atoms with E-state index in [0.717, 1.165) is 16.0 Å². The van der Waals surface area contributed by atoms with Gasteiger partial charge < -0.3 is 19.1 Å². The lowest BCUT2D eigenvalue weighted by atomic mass is 10.2. The second-order valence-corrected chi connectivity index (χ2v) is 8.00. The van der Waals surface area contributed by atoms with Gasteiger partial charge >= 0.3 is 0 Å². The molecule has 0 radical (unpaired) electrons. The first kappa shape index (κ1) is 19.5. The maximum Gasteiger partial charge on any atom is 0.273 e. The van der Waals surface area contributed by atoms with Crippen LogP contribution in [-0.2, 0) is 4.79 Å². The molecule has 2 aromatic carbocycles. The second-order valence-electron chi connectivity index (χ2n) is 6.99. The molecule has 4 rings (SSSR count). The minimum Gasteiger partial charge on any atom is -0.497 e. The monoisotopic (exact) mass is 413 g/mol. The molecule has 3 aromatic rings. The standard InChI is InChI=1S/C21H23N3O4S/c1-23(2)10-11-24(21-22-15-9-8-14(26-3)12-19(15)29-21)20(25)18-13-27-16-6-4-5-7-17(16)28-18/h4-9,12,18H,10-11,13H2,1-3H3. The van der Waals surface area contributed by atoms with E-state index in [-0.39, 0.29) is 12.5 Å². The number of rotatable bonds is 6. The van der Waals surface area contributed by atoms with E-state index in [4.69, 9.17) is 14.2 Å². The summed E-state index contributed by atoms with van der Waals surface area (Å²) in [6, 6.07) is 13.1. The number of hydrogen-bond donors (Lipinski definition) is 0. The summed E-state index contributed by atoms with van der Waals surface area (Å²) in [5.41, 5.74) is 0.833. The number of aromatic nitrogens is 1. The van der Waals surface area contributed by atoms with Crippen LogP contribution in [0.4, 0.5) is 5.13 Å². The lowest BCUT2D eigenvalue weighted by molar-refractivity contribution is -0.127. The Bertz CT molecular complexity index is 1020. The Morgan fingerprint density at radius 1 is 1.21 bits per heavy atom. The molecule has 8 heteroatoms. The smallest absolute Gasteiger partial charge is 0.273 e. The van der Waals surface area contributed by atoms with E-state index < -0.39 is 6.10 Å². The molecular weight excluding hydrogens is 390 g/mol. The van der Waals surface area contributed by atoms with Crippen molar-refractivity contribution in [1.82, 2.24) is 9.88 Å². The molecule has 0 spiro atoms. The first-order valence-corrected chi connectivity index (χ1v) is 10.2. The molecule has 7 nitrogen and oxygen atoms in total. The number of methoxy groups -OCH3 is 1. The number of benzene rings is 2. The largest absolute Gasteiger partial charge is 0.497 e. The van der Waals surface area contributed by atoms with E-state index in [2.05, 4.69) is 4.98 Å². The summed E-state index contributed by atoms with van der Waals surface area (Å²) in [4.78, 5) is 21.8. The van der Waals surface area contributed by atoms with Gasteiger partial charge in [-0.15, -0.1) is 0 Å². The van der Waals surface area contributed by atoms with Crippen molar-refractivity contribution in [3.8, 4) is 17.2 Å². The molecular formula is C21H23N3O4S. The molecule has 1 aliphatic heterocycles. The Morgan fingerprint density at radius 2 is 2.00 bits per heavy atom. The highest BCUT2D eigenvalue weighted by Crippen LogP contribution is 2.34. The van der Waals surface area contributed by atoms with Crippen LogP contribution >= 0.6 is 11.3 Å². The zero-order valence-corrected chi connectivity index (χ0v) is 17.4. The Morgan fingerprint density at radius 3 is 2.76 bits per heavy atom. The number of hydrogen-bond acceptors (Lipinski definition) is 7. The number of anilines is 1. The fourth-order valence-electron chi connectivity index (χ4n) is 3.05. The van der Waals surface area contributed by atoms with E-state index in [1.807, 2.05) is 61.5 Å². The Labute approximate surface area is 173 Å².